The van der Waals surface area contributed by atoms with Crippen LogP contribution in [0.1, 0.15) is 23.2 Å². The fourth-order valence-corrected chi connectivity index (χ4v) is 3.50. The van der Waals surface area contributed by atoms with Crippen molar-refractivity contribution in [3.63, 3.8) is 0 Å². The summed E-state index contributed by atoms with van der Waals surface area (Å²) >= 11 is 13.4. The van der Waals surface area contributed by atoms with E-state index in [2.05, 4.69) is 6.07 Å². The molecule has 2 rings (SSSR count). The van der Waals surface area contributed by atoms with Gasteiger partial charge in [-0.25, -0.2) is 0 Å². The minimum atomic E-state index is -0.358. The van der Waals surface area contributed by atoms with Gasteiger partial charge in [0.05, 0.1) is 6.07 Å². The summed E-state index contributed by atoms with van der Waals surface area (Å²) < 4.78 is -0.358. The Morgan fingerprint density at radius 2 is 1.85 bits per heavy atom. The molecule has 1 heterocycles. The monoisotopic (exact) mass is 328 g/mol. The molecule has 0 aromatic heterocycles. The number of nitriles is 1. The molecular weight excluding hydrogens is 315 g/mol. The van der Waals surface area contributed by atoms with E-state index in [1.807, 2.05) is 6.26 Å². The molecule has 1 aromatic carbocycles. The Balaban J connectivity index is 2.11. The number of nitrogens with zero attached hydrogens (tertiary/aromatic N) is 2. The summed E-state index contributed by atoms with van der Waals surface area (Å²) in [6, 6.07) is 7.21. The first-order valence-corrected chi connectivity index (χ1v) is 8.19. The number of carbonyl (C=O) groups excluding carboxylic acids is 1. The van der Waals surface area contributed by atoms with Crippen LogP contribution < -0.4 is 0 Å². The zero-order chi connectivity index (χ0) is 14.8. The maximum atomic E-state index is 12.4. The third-order valence-corrected chi connectivity index (χ3v) is 5.28. The van der Waals surface area contributed by atoms with Crippen molar-refractivity contribution in [2.45, 2.75) is 17.6 Å². The van der Waals surface area contributed by atoms with E-state index in [1.165, 1.54) is 0 Å². The number of carbonyl (C=O) groups is 1. The van der Waals surface area contributed by atoms with Gasteiger partial charge in [0.1, 0.15) is 4.75 Å². The Morgan fingerprint density at radius 3 is 2.30 bits per heavy atom. The van der Waals surface area contributed by atoms with E-state index >= 15 is 0 Å². The van der Waals surface area contributed by atoms with Gasteiger partial charge in [0.2, 0.25) is 0 Å². The summed E-state index contributed by atoms with van der Waals surface area (Å²) in [4.78, 5) is 14.2. The molecule has 0 unspecified atom stereocenters. The summed E-state index contributed by atoms with van der Waals surface area (Å²) in [5.74, 6) is -0.0814. The standard InChI is InChI=1S/C14H14Cl2N2OS/c1-20-14(9-17)2-4-18(5-3-14)13(19)10-6-11(15)8-12(16)7-10/h6-8H,2-5H2,1H3. The van der Waals surface area contributed by atoms with Gasteiger partial charge in [0.15, 0.2) is 0 Å². The van der Waals surface area contributed by atoms with Crippen LogP contribution in [-0.4, -0.2) is 34.9 Å². The highest BCUT2D eigenvalue weighted by atomic mass is 35.5. The molecular formula is C14H14Cl2N2OS. The predicted octanol–water partition coefficient (Wildman–Crippen LogP) is 3.85. The van der Waals surface area contributed by atoms with Crippen molar-refractivity contribution in [3.05, 3.63) is 33.8 Å². The molecule has 0 bridgehead atoms. The van der Waals surface area contributed by atoms with E-state index < -0.39 is 0 Å². The Kier molecular flexibility index (Phi) is 4.85. The van der Waals surface area contributed by atoms with Crippen molar-refractivity contribution in [1.29, 1.82) is 5.26 Å². The van der Waals surface area contributed by atoms with Crippen LogP contribution in [0.25, 0.3) is 0 Å². The lowest BCUT2D eigenvalue weighted by Crippen LogP contribution is -2.44. The topological polar surface area (TPSA) is 44.1 Å². The van der Waals surface area contributed by atoms with E-state index in [1.54, 1.807) is 34.9 Å². The Hall–Kier alpha value is -0.890. The quantitative estimate of drug-likeness (QED) is 0.828. The van der Waals surface area contributed by atoms with Gasteiger partial charge in [-0.15, -0.1) is 11.8 Å². The summed E-state index contributed by atoms with van der Waals surface area (Å²) in [7, 11) is 0. The highest BCUT2D eigenvalue weighted by Crippen LogP contribution is 2.34. The molecule has 0 radical (unpaired) electrons. The van der Waals surface area contributed by atoms with Gasteiger partial charge >= 0.3 is 0 Å². The third kappa shape index (κ3) is 3.22. The molecule has 20 heavy (non-hydrogen) atoms. The second-order valence-corrected chi connectivity index (χ2v) is 6.82. The van der Waals surface area contributed by atoms with Crippen LogP contribution in [0.3, 0.4) is 0 Å². The summed E-state index contributed by atoms with van der Waals surface area (Å²) in [6.45, 7) is 1.16. The minimum absolute atomic E-state index is 0.0814. The van der Waals surface area contributed by atoms with Gasteiger partial charge in [0.25, 0.3) is 5.91 Å². The van der Waals surface area contributed by atoms with E-state index in [9.17, 15) is 10.1 Å². The number of amides is 1. The second-order valence-electron chi connectivity index (χ2n) is 4.76. The van der Waals surface area contributed by atoms with Crippen molar-refractivity contribution < 1.29 is 4.79 Å². The van der Waals surface area contributed by atoms with Crippen molar-refractivity contribution in [2.24, 2.45) is 0 Å². The number of rotatable bonds is 2. The van der Waals surface area contributed by atoms with Crippen molar-refractivity contribution in [3.8, 4) is 6.07 Å². The number of thioether (sulfide) groups is 1. The van der Waals surface area contributed by atoms with Gasteiger partial charge < -0.3 is 4.90 Å². The SMILES string of the molecule is CSC1(C#N)CCN(C(=O)c2cc(Cl)cc(Cl)c2)CC1. The van der Waals surface area contributed by atoms with Gasteiger partial charge in [-0.1, -0.05) is 23.2 Å². The molecule has 6 heteroatoms. The molecule has 1 saturated heterocycles. The number of halogens is 2. The zero-order valence-corrected chi connectivity index (χ0v) is 13.4. The minimum Gasteiger partial charge on any atom is -0.338 e. The Bertz CT molecular complexity index is 543. The van der Waals surface area contributed by atoms with E-state index in [4.69, 9.17) is 23.2 Å². The van der Waals surface area contributed by atoms with Crippen LogP contribution in [-0.2, 0) is 0 Å². The van der Waals surface area contributed by atoms with Gasteiger partial charge in [-0.05, 0) is 37.3 Å². The van der Waals surface area contributed by atoms with Crippen molar-refractivity contribution >= 4 is 40.9 Å². The predicted molar refractivity (Wildman–Crippen MR) is 83.5 cm³/mol. The van der Waals surface area contributed by atoms with Crippen LogP contribution in [0.2, 0.25) is 10.0 Å². The van der Waals surface area contributed by atoms with Crippen LogP contribution in [0, 0.1) is 11.3 Å². The first kappa shape index (κ1) is 15.5. The summed E-state index contributed by atoms with van der Waals surface area (Å²) in [5.41, 5.74) is 0.496. The number of hydrogen-bond acceptors (Lipinski definition) is 3. The van der Waals surface area contributed by atoms with Crippen molar-refractivity contribution in [1.82, 2.24) is 4.90 Å². The largest absolute Gasteiger partial charge is 0.338 e. The van der Waals surface area contributed by atoms with E-state index in [0.717, 1.165) is 0 Å². The number of likely N-dealkylation sites (tertiary alicyclic amines) is 1. The molecule has 1 fully saturated rings. The van der Waals surface area contributed by atoms with E-state index in [-0.39, 0.29) is 10.7 Å². The number of hydrogen-bond donors (Lipinski definition) is 0. The first-order chi connectivity index (χ1) is 9.49. The number of benzene rings is 1. The van der Waals surface area contributed by atoms with Gasteiger partial charge in [0, 0.05) is 28.7 Å². The fraction of sp³-hybridized carbons (Fsp3) is 0.429. The van der Waals surface area contributed by atoms with Gasteiger partial charge in [-0.2, -0.15) is 5.26 Å². The molecule has 0 N–H and O–H groups in total. The van der Waals surface area contributed by atoms with Gasteiger partial charge in [-0.3, -0.25) is 4.79 Å². The summed E-state index contributed by atoms with van der Waals surface area (Å²) in [6.07, 6.45) is 3.31. The Labute approximate surface area is 132 Å². The van der Waals surface area contributed by atoms with Crippen LogP contribution in [0.15, 0.2) is 18.2 Å². The fourth-order valence-electron chi connectivity index (χ4n) is 2.29. The molecule has 0 aliphatic carbocycles. The molecule has 106 valence electrons. The molecule has 0 saturated carbocycles. The molecule has 1 aliphatic rings. The first-order valence-electron chi connectivity index (χ1n) is 6.21. The average Bonchev–Trinajstić information content (AvgIpc) is 2.45. The summed E-state index contributed by atoms with van der Waals surface area (Å²) in [5, 5.41) is 10.2. The lowest BCUT2D eigenvalue weighted by atomic mass is 9.96. The lowest BCUT2D eigenvalue weighted by Gasteiger charge is -2.36. The van der Waals surface area contributed by atoms with Crippen LogP contribution in [0.5, 0.6) is 0 Å². The molecule has 1 amide bonds. The van der Waals surface area contributed by atoms with Crippen LogP contribution in [0.4, 0.5) is 0 Å². The second kappa shape index (κ2) is 6.26. The maximum absolute atomic E-state index is 12.4. The normalized spacial score (nSPS) is 17.6. The third-order valence-electron chi connectivity index (χ3n) is 3.56. The molecule has 0 atom stereocenters. The van der Waals surface area contributed by atoms with Crippen molar-refractivity contribution in [2.75, 3.05) is 19.3 Å². The highest BCUT2D eigenvalue weighted by Gasteiger charge is 2.35. The molecule has 3 nitrogen and oxygen atoms in total. The Morgan fingerprint density at radius 1 is 1.30 bits per heavy atom. The highest BCUT2D eigenvalue weighted by molar-refractivity contribution is 8.00. The average molecular weight is 329 g/mol. The number of piperidine rings is 1. The lowest BCUT2D eigenvalue weighted by molar-refractivity contribution is 0.0716. The van der Waals surface area contributed by atoms with E-state index in [0.29, 0.717) is 41.5 Å². The molecule has 0 spiro atoms. The zero-order valence-electron chi connectivity index (χ0n) is 11.0. The maximum Gasteiger partial charge on any atom is 0.253 e. The molecule has 1 aromatic rings. The molecule has 1 aliphatic heterocycles. The smallest absolute Gasteiger partial charge is 0.253 e. The van der Waals surface area contributed by atoms with Crippen LogP contribution >= 0.6 is 35.0 Å².